The van der Waals surface area contributed by atoms with E-state index in [4.69, 9.17) is 22.1 Å². The zero-order valence-electron chi connectivity index (χ0n) is 12.8. The van der Waals surface area contributed by atoms with Gasteiger partial charge in [-0.1, -0.05) is 23.7 Å². The van der Waals surface area contributed by atoms with Gasteiger partial charge in [0.15, 0.2) is 0 Å². The standard InChI is InChI=1S/C17H14ClN3O3/c1-10-3-2-4-13(16(10)19)17(23)24-9-12-7-15(22)21-8-11(18)5-6-14(21)20-12/h2-8H,9,19H2,1H3. The molecule has 122 valence electrons. The van der Waals surface area contributed by atoms with Crippen LogP contribution >= 0.6 is 11.6 Å². The minimum absolute atomic E-state index is 0.124. The first-order valence-electron chi connectivity index (χ1n) is 7.16. The number of carbonyl (C=O) groups is 1. The molecular formula is C17H14ClN3O3. The number of carbonyl (C=O) groups excluding carboxylic acids is 1. The van der Waals surface area contributed by atoms with Gasteiger partial charge in [0, 0.05) is 18.0 Å². The number of hydrogen-bond donors (Lipinski definition) is 1. The highest BCUT2D eigenvalue weighted by molar-refractivity contribution is 6.30. The lowest BCUT2D eigenvalue weighted by atomic mass is 10.1. The van der Waals surface area contributed by atoms with E-state index in [0.717, 1.165) is 5.56 Å². The molecule has 0 aliphatic carbocycles. The smallest absolute Gasteiger partial charge is 0.340 e. The number of halogens is 1. The van der Waals surface area contributed by atoms with Gasteiger partial charge < -0.3 is 10.5 Å². The third-order valence-electron chi connectivity index (χ3n) is 3.57. The number of fused-ring (bicyclic) bond motifs is 1. The van der Waals surface area contributed by atoms with E-state index in [2.05, 4.69) is 4.98 Å². The molecule has 0 fully saturated rings. The predicted molar refractivity (Wildman–Crippen MR) is 91.2 cm³/mol. The van der Waals surface area contributed by atoms with Gasteiger partial charge in [0.05, 0.1) is 16.3 Å². The molecule has 0 aliphatic rings. The van der Waals surface area contributed by atoms with Gasteiger partial charge in [0.1, 0.15) is 12.3 Å². The molecule has 3 rings (SSSR count). The highest BCUT2D eigenvalue weighted by Crippen LogP contribution is 2.18. The number of para-hydroxylation sites is 1. The van der Waals surface area contributed by atoms with Crippen LogP contribution in [-0.2, 0) is 11.3 Å². The maximum absolute atomic E-state index is 12.2. The number of nitrogen functional groups attached to an aromatic ring is 1. The Labute approximate surface area is 142 Å². The van der Waals surface area contributed by atoms with E-state index < -0.39 is 5.97 Å². The van der Waals surface area contributed by atoms with Crippen molar-refractivity contribution in [2.75, 3.05) is 5.73 Å². The summed E-state index contributed by atoms with van der Waals surface area (Å²) >= 11 is 5.86. The number of nitrogens with zero attached hydrogens (tertiary/aromatic N) is 2. The highest BCUT2D eigenvalue weighted by Gasteiger charge is 2.13. The molecule has 24 heavy (non-hydrogen) atoms. The molecule has 0 atom stereocenters. The van der Waals surface area contributed by atoms with E-state index >= 15 is 0 Å². The first-order valence-corrected chi connectivity index (χ1v) is 7.53. The maximum Gasteiger partial charge on any atom is 0.340 e. The summed E-state index contributed by atoms with van der Waals surface area (Å²) in [4.78, 5) is 28.5. The largest absolute Gasteiger partial charge is 0.456 e. The molecule has 0 radical (unpaired) electrons. The van der Waals surface area contributed by atoms with Gasteiger partial charge in [0.2, 0.25) is 0 Å². The normalized spacial score (nSPS) is 10.8. The summed E-state index contributed by atoms with van der Waals surface area (Å²) in [6.07, 6.45) is 1.48. The molecule has 3 aromatic rings. The van der Waals surface area contributed by atoms with Crippen LogP contribution in [0.15, 0.2) is 47.4 Å². The number of esters is 1. The Morgan fingerprint density at radius 3 is 2.92 bits per heavy atom. The second-order valence-electron chi connectivity index (χ2n) is 5.27. The Morgan fingerprint density at radius 2 is 2.12 bits per heavy atom. The molecule has 0 unspecified atom stereocenters. The monoisotopic (exact) mass is 343 g/mol. The van der Waals surface area contributed by atoms with Crippen molar-refractivity contribution in [3.05, 3.63) is 74.8 Å². The Balaban J connectivity index is 1.83. The number of anilines is 1. The van der Waals surface area contributed by atoms with Crippen LogP contribution in [0, 0.1) is 6.92 Å². The summed E-state index contributed by atoms with van der Waals surface area (Å²) in [6.45, 7) is 1.68. The summed E-state index contributed by atoms with van der Waals surface area (Å²) in [5, 5.41) is 0.431. The van der Waals surface area contributed by atoms with Gasteiger partial charge in [-0.25, -0.2) is 9.78 Å². The lowest BCUT2D eigenvalue weighted by Gasteiger charge is -2.09. The fourth-order valence-corrected chi connectivity index (χ4v) is 2.44. The zero-order chi connectivity index (χ0) is 17.3. The van der Waals surface area contributed by atoms with Gasteiger partial charge in [-0.3, -0.25) is 9.20 Å². The van der Waals surface area contributed by atoms with Crippen LogP contribution in [0.5, 0.6) is 0 Å². The van der Waals surface area contributed by atoms with Crippen molar-refractivity contribution in [2.24, 2.45) is 0 Å². The molecule has 2 aromatic heterocycles. The number of hydrogen-bond acceptors (Lipinski definition) is 5. The highest BCUT2D eigenvalue weighted by atomic mass is 35.5. The lowest BCUT2D eigenvalue weighted by molar-refractivity contribution is 0.0469. The fraction of sp³-hybridized carbons (Fsp3) is 0.118. The number of pyridine rings is 1. The third kappa shape index (κ3) is 3.09. The van der Waals surface area contributed by atoms with E-state index in [1.807, 2.05) is 13.0 Å². The van der Waals surface area contributed by atoms with Crippen molar-refractivity contribution < 1.29 is 9.53 Å². The Kier molecular flexibility index (Phi) is 4.22. The molecule has 0 bridgehead atoms. The molecule has 0 spiro atoms. The third-order valence-corrected chi connectivity index (χ3v) is 3.80. The topological polar surface area (TPSA) is 86.7 Å². The molecule has 0 saturated heterocycles. The predicted octanol–water partition coefficient (Wildman–Crippen LogP) is 2.60. The Hall–Kier alpha value is -2.86. The minimum atomic E-state index is -0.561. The number of rotatable bonds is 3. The van der Waals surface area contributed by atoms with Gasteiger partial charge in [0.25, 0.3) is 5.56 Å². The summed E-state index contributed by atoms with van der Waals surface area (Å²) < 4.78 is 6.55. The number of aromatic nitrogens is 2. The zero-order valence-corrected chi connectivity index (χ0v) is 13.6. The first-order chi connectivity index (χ1) is 11.5. The molecule has 2 heterocycles. The molecule has 1 aromatic carbocycles. The summed E-state index contributed by atoms with van der Waals surface area (Å²) in [6, 6.07) is 9.68. The second-order valence-corrected chi connectivity index (χ2v) is 5.71. The number of nitrogens with two attached hydrogens (primary N) is 1. The van der Waals surface area contributed by atoms with Crippen molar-refractivity contribution in [3.63, 3.8) is 0 Å². The number of benzene rings is 1. The number of aryl methyl sites for hydroxylation is 1. The second kappa shape index (κ2) is 6.33. The van der Waals surface area contributed by atoms with Gasteiger partial charge in [-0.05, 0) is 30.7 Å². The molecule has 6 nitrogen and oxygen atoms in total. The lowest BCUT2D eigenvalue weighted by Crippen LogP contribution is -2.17. The summed E-state index contributed by atoms with van der Waals surface area (Å²) in [5.74, 6) is -0.561. The number of ether oxygens (including phenoxy) is 1. The molecule has 2 N–H and O–H groups in total. The maximum atomic E-state index is 12.2. The molecule has 7 heteroatoms. The Bertz CT molecular complexity index is 998. The van der Waals surface area contributed by atoms with Gasteiger partial charge >= 0.3 is 5.97 Å². The van der Waals surface area contributed by atoms with E-state index in [9.17, 15) is 9.59 Å². The SMILES string of the molecule is Cc1cccc(C(=O)OCc2cc(=O)n3cc(Cl)ccc3n2)c1N. The first kappa shape index (κ1) is 16.0. The van der Waals surface area contributed by atoms with Crippen LogP contribution in [-0.4, -0.2) is 15.4 Å². The minimum Gasteiger partial charge on any atom is -0.456 e. The van der Waals surface area contributed by atoms with Crippen LogP contribution in [0.1, 0.15) is 21.6 Å². The summed E-state index contributed by atoms with van der Waals surface area (Å²) in [7, 11) is 0. The molecule has 0 saturated carbocycles. The van der Waals surface area contributed by atoms with Crippen LogP contribution in [0.3, 0.4) is 0 Å². The van der Waals surface area contributed by atoms with E-state index in [0.29, 0.717) is 27.6 Å². The molecular weight excluding hydrogens is 330 g/mol. The fourth-order valence-electron chi connectivity index (χ4n) is 2.28. The van der Waals surface area contributed by atoms with Crippen LogP contribution in [0.2, 0.25) is 5.02 Å². The van der Waals surface area contributed by atoms with E-state index in [1.54, 1.807) is 24.3 Å². The van der Waals surface area contributed by atoms with Crippen molar-refractivity contribution in [2.45, 2.75) is 13.5 Å². The van der Waals surface area contributed by atoms with Crippen molar-refractivity contribution in [1.29, 1.82) is 0 Å². The van der Waals surface area contributed by atoms with Gasteiger partial charge in [-0.15, -0.1) is 0 Å². The molecule has 0 aliphatic heterocycles. The van der Waals surface area contributed by atoms with Crippen molar-refractivity contribution in [3.8, 4) is 0 Å². The van der Waals surface area contributed by atoms with Crippen molar-refractivity contribution >= 4 is 28.9 Å². The van der Waals surface area contributed by atoms with E-state index in [1.165, 1.54) is 16.7 Å². The Morgan fingerprint density at radius 1 is 1.33 bits per heavy atom. The molecule has 0 amide bonds. The van der Waals surface area contributed by atoms with Crippen molar-refractivity contribution in [1.82, 2.24) is 9.38 Å². The van der Waals surface area contributed by atoms with Gasteiger partial charge in [-0.2, -0.15) is 0 Å². The average Bonchev–Trinajstić information content (AvgIpc) is 2.56. The summed E-state index contributed by atoms with van der Waals surface area (Å²) in [5.41, 5.74) is 7.82. The van der Waals surface area contributed by atoms with Crippen LogP contribution < -0.4 is 11.3 Å². The van der Waals surface area contributed by atoms with Crippen LogP contribution in [0.25, 0.3) is 5.65 Å². The quantitative estimate of drug-likeness (QED) is 0.583. The average molecular weight is 344 g/mol. The van der Waals surface area contributed by atoms with E-state index in [-0.39, 0.29) is 12.2 Å². The van der Waals surface area contributed by atoms with Crippen LogP contribution in [0.4, 0.5) is 5.69 Å².